The summed E-state index contributed by atoms with van der Waals surface area (Å²) in [6, 6.07) is 14.7. The Morgan fingerprint density at radius 3 is 2.10 bits per heavy atom. The van der Waals surface area contributed by atoms with E-state index in [0.29, 0.717) is 0 Å². The van der Waals surface area contributed by atoms with Gasteiger partial charge in [-0.15, -0.1) is 0 Å². The lowest BCUT2D eigenvalue weighted by Gasteiger charge is -2.18. The maximum Gasteiger partial charge on any atom is 0.407 e. The van der Waals surface area contributed by atoms with Crippen LogP contribution in [0.15, 0.2) is 48.5 Å². The SMILES string of the molecule is CCC(NC(=O)C[C@H](C)NC(=O)OCC1c2ccccc2-c2ccccc21)C(=O)O. The Balaban J connectivity index is 1.54. The van der Waals surface area contributed by atoms with Crippen LogP contribution in [-0.2, 0) is 14.3 Å². The molecular formula is C23H26N2O5. The lowest BCUT2D eigenvalue weighted by Crippen LogP contribution is -2.43. The van der Waals surface area contributed by atoms with Crippen LogP contribution in [0.1, 0.15) is 43.7 Å². The molecule has 2 amide bonds. The highest BCUT2D eigenvalue weighted by molar-refractivity contribution is 5.84. The number of carbonyl (C=O) groups excluding carboxylic acids is 2. The molecule has 0 heterocycles. The number of carboxylic acids is 1. The molecule has 1 aliphatic rings. The minimum atomic E-state index is -1.08. The smallest absolute Gasteiger partial charge is 0.407 e. The molecule has 0 saturated carbocycles. The average Bonchev–Trinajstić information content (AvgIpc) is 3.04. The van der Waals surface area contributed by atoms with Crippen LogP contribution in [0.4, 0.5) is 4.79 Å². The monoisotopic (exact) mass is 410 g/mol. The van der Waals surface area contributed by atoms with Crippen LogP contribution in [0.2, 0.25) is 0 Å². The van der Waals surface area contributed by atoms with Crippen LogP contribution >= 0.6 is 0 Å². The van der Waals surface area contributed by atoms with E-state index < -0.39 is 30.1 Å². The highest BCUT2D eigenvalue weighted by Crippen LogP contribution is 2.44. The van der Waals surface area contributed by atoms with E-state index >= 15 is 0 Å². The molecule has 2 aromatic rings. The first-order chi connectivity index (χ1) is 14.4. The van der Waals surface area contributed by atoms with Gasteiger partial charge in [-0.1, -0.05) is 55.5 Å². The van der Waals surface area contributed by atoms with Crippen molar-refractivity contribution in [2.45, 2.75) is 44.7 Å². The summed E-state index contributed by atoms with van der Waals surface area (Å²) in [5, 5.41) is 14.1. The van der Waals surface area contributed by atoms with E-state index in [-0.39, 0.29) is 25.4 Å². The molecule has 0 aromatic heterocycles. The number of ether oxygens (including phenoxy) is 1. The second-order valence-electron chi connectivity index (χ2n) is 7.44. The summed E-state index contributed by atoms with van der Waals surface area (Å²) in [5.74, 6) is -1.55. The lowest BCUT2D eigenvalue weighted by atomic mass is 9.98. The van der Waals surface area contributed by atoms with Gasteiger partial charge in [0.25, 0.3) is 0 Å². The molecule has 0 fully saturated rings. The first-order valence-corrected chi connectivity index (χ1v) is 10.0. The minimum Gasteiger partial charge on any atom is -0.480 e. The van der Waals surface area contributed by atoms with Crippen molar-refractivity contribution in [3.8, 4) is 11.1 Å². The van der Waals surface area contributed by atoms with Crippen molar-refractivity contribution in [2.75, 3.05) is 6.61 Å². The van der Waals surface area contributed by atoms with E-state index in [2.05, 4.69) is 22.8 Å². The van der Waals surface area contributed by atoms with Crippen molar-refractivity contribution in [2.24, 2.45) is 0 Å². The molecule has 7 nitrogen and oxygen atoms in total. The number of carbonyl (C=O) groups is 3. The van der Waals surface area contributed by atoms with Crippen LogP contribution in [0.3, 0.4) is 0 Å². The summed E-state index contributed by atoms with van der Waals surface area (Å²) in [7, 11) is 0. The van der Waals surface area contributed by atoms with Gasteiger partial charge in [-0.25, -0.2) is 9.59 Å². The molecule has 3 rings (SSSR count). The zero-order chi connectivity index (χ0) is 21.7. The van der Waals surface area contributed by atoms with Crippen LogP contribution in [0.5, 0.6) is 0 Å². The molecule has 1 unspecified atom stereocenters. The zero-order valence-electron chi connectivity index (χ0n) is 17.1. The third kappa shape index (κ3) is 4.79. The fraction of sp³-hybridized carbons (Fsp3) is 0.348. The number of fused-ring (bicyclic) bond motifs is 3. The number of hydrogen-bond acceptors (Lipinski definition) is 4. The van der Waals surface area contributed by atoms with Crippen molar-refractivity contribution < 1.29 is 24.2 Å². The number of hydrogen-bond donors (Lipinski definition) is 3. The number of alkyl carbamates (subject to hydrolysis) is 1. The standard InChI is InChI=1S/C23H26N2O5/c1-3-20(22(27)28)25-21(26)12-14(2)24-23(29)30-13-19-17-10-6-4-8-15(17)16-9-5-7-11-18(16)19/h4-11,14,19-20H,3,12-13H2,1-2H3,(H,24,29)(H,25,26)(H,27,28)/t14-,20?/m0/s1. The quantitative estimate of drug-likeness (QED) is 0.619. The second kappa shape index (κ2) is 9.43. The molecule has 0 spiro atoms. The summed E-state index contributed by atoms with van der Waals surface area (Å²) in [6.45, 7) is 3.54. The van der Waals surface area contributed by atoms with Gasteiger partial charge >= 0.3 is 12.1 Å². The molecule has 0 radical (unpaired) electrons. The van der Waals surface area contributed by atoms with Crippen molar-refractivity contribution in [1.82, 2.24) is 10.6 Å². The molecule has 0 bridgehead atoms. The Hall–Kier alpha value is -3.35. The maximum absolute atomic E-state index is 12.2. The van der Waals surface area contributed by atoms with Crippen LogP contribution in [0.25, 0.3) is 11.1 Å². The first-order valence-electron chi connectivity index (χ1n) is 10.0. The zero-order valence-corrected chi connectivity index (χ0v) is 17.1. The first kappa shape index (κ1) is 21.4. The van der Waals surface area contributed by atoms with Gasteiger partial charge in [0.1, 0.15) is 12.6 Å². The summed E-state index contributed by atoms with van der Waals surface area (Å²) in [6.07, 6.45) is -0.356. The topological polar surface area (TPSA) is 105 Å². The summed E-state index contributed by atoms with van der Waals surface area (Å²) in [4.78, 5) is 35.2. The maximum atomic E-state index is 12.2. The Kier molecular flexibility index (Phi) is 6.72. The van der Waals surface area contributed by atoms with Crippen molar-refractivity contribution >= 4 is 18.0 Å². The summed E-state index contributed by atoms with van der Waals surface area (Å²) < 4.78 is 5.46. The van der Waals surface area contributed by atoms with Crippen molar-refractivity contribution in [1.29, 1.82) is 0 Å². The van der Waals surface area contributed by atoms with Crippen molar-refractivity contribution in [3.05, 3.63) is 59.7 Å². The normalized spacial score (nSPS) is 14.2. The molecule has 7 heteroatoms. The third-order valence-electron chi connectivity index (χ3n) is 5.24. The molecule has 158 valence electrons. The van der Waals surface area contributed by atoms with E-state index in [0.717, 1.165) is 22.3 Å². The summed E-state index contributed by atoms with van der Waals surface area (Å²) >= 11 is 0. The van der Waals surface area contributed by atoms with Gasteiger partial charge in [0.05, 0.1) is 0 Å². The molecule has 0 aliphatic heterocycles. The summed E-state index contributed by atoms with van der Waals surface area (Å²) in [5.41, 5.74) is 4.54. The molecule has 0 saturated heterocycles. The Bertz CT molecular complexity index is 897. The van der Waals surface area contributed by atoms with Gasteiger partial charge in [0.15, 0.2) is 0 Å². The molecule has 30 heavy (non-hydrogen) atoms. The van der Waals surface area contributed by atoms with E-state index in [1.54, 1.807) is 13.8 Å². The lowest BCUT2D eigenvalue weighted by molar-refractivity contribution is -0.142. The molecule has 2 aromatic carbocycles. The number of benzene rings is 2. The molecular weight excluding hydrogens is 384 g/mol. The number of carboxylic acid groups (broad SMARTS) is 1. The Morgan fingerprint density at radius 2 is 1.57 bits per heavy atom. The Labute approximate surface area is 175 Å². The fourth-order valence-corrected chi connectivity index (χ4v) is 3.76. The predicted octanol–water partition coefficient (Wildman–Crippen LogP) is 3.28. The van der Waals surface area contributed by atoms with Gasteiger partial charge in [-0.2, -0.15) is 0 Å². The third-order valence-corrected chi connectivity index (χ3v) is 5.24. The van der Waals surface area contributed by atoms with Gasteiger partial charge in [0.2, 0.25) is 5.91 Å². The largest absolute Gasteiger partial charge is 0.480 e. The van der Waals surface area contributed by atoms with Crippen LogP contribution in [-0.4, -0.2) is 41.8 Å². The highest BCUT2D eigenvalue weighted by atomic mass is 16.5. The van der Waals surface area contributed by atoms with E-state index in [9.17, 15) is 14.4 Å². The number of amides is 2. The molecule has 1 aliphatic carbocycles. The highest BCUT2D eigenvalue weighted by Gasteiger charge is 2.29. The average molecular weight is 410 g/mol. The fourth-order valence-electron chi connectivity index (χ4n) is 3.76. The second-order valence-corrected chi connectivity index (χ2v) is 7.44. The van der Waals surface area contributed by atoms with Crippen molar-refractivity contribution in [3.63, 3.8) is 0 Å². The molecule has 3 N–H and O–H groups in total. The van der Waals surface area contributed by atoms with Crippen LogP contribution in [0, 0.1) is 0 Å². The van der Waals surface area contributed by atoms with E-state index in [1.165, 1.54) is 0 Å². The predicted molar refractivity (Wildman–Crippen MR) is 112 cm³/mol. The van der Waals surface area contributed by atoms with Crippen LogP contribution < -0.4 is 10.6 Å². The number of nitrogens with one attached hydrogen (secondary N) is 2. The van der Waals surface area contributed by atoms with Gasteiger partial charge < -0.3 is 20.5 Å². The molecule has 2 atom stereocenters. The van der Waals surface area contributed by atoms with E-state index in [1.807, 2.05) is 36.4 Å². The number of aliphatic carboxylic acids is 1. The number of rotatable bonds is 8. The Morgan fingerprint density at radius 1 is 1.00 bits per heavy atom. The minimum absolute atomic E-state index is 0.0338. The van der Waals surface area contributed by atoms with E-state index in [4.69, 9.17) is 9.84 Å². The van der Waals surface area contributed by atoms with Gasteiger partial charge in [-0.05, 0) is 35.6 Å². The van der Waals surface area contributed by atoms with Gasteiger partial charge in [0, 0.05) is 18.4 Å². The van der Waals surface area contributed by atoms with Gasteiger partial charge in [-0.3, -0.25) is 4.79 Å².